The summed E-state index contributed by atoms with van der Waals surface area (Å²) in [6.45, 7) is 2.35. The SMILES string of the molecule is COCC(Nc1nccc(-n2cccn2)n1)c1ccc(C)o1. The number of nitrogens with zero attached hydrogens (tertiary/aromatic N) is 4. The van der Waals surface area contributed by atoms with Crippen molar-refractivity contribution in [1.82, 2.24) is 19.7 Å². The summed E-state index contributed by atoms with van der Waals surface area (Å²) >= 11 is 0. The van der Waals surface area contributed by atoms with Crippen LogP contribution in [-0.4, -0.2) is 33.5 Å². The lowest BCUT2D eigenvalue weighted by atomic mass is 10.2. The molecule has 0 aliphatic heterocycles. The van der Waals surface area contributed by atoms with E-state index in [9.17, 15) is 0 Å². The molecule has 0 saturated carbocycles. The number of anilines is 1. The minimum Gasteiger partial charge on any atom is -0.464 e. The van der Waals surface area contributed by atoms with E-state index >= 15 is 0 Å². The minimum absolute atomic E-state index is 0.161. The number of furan rings is 1. The summed E-state index contributed by atoms with van der Waals surface area (Å²) in [5.74, 6) is 2.81. The molecule has 0 saturated heterocycles. The number of nitrogens with one attached hydrogen (secondary N) is 1. The molecule has 0 amide bonds. The van der Waals surface area contributed by atoms with E-state index in [-0.39, 0.29) is 6.04 Å². The molecule has 7 nitrogen and oxygen atoms in total. The molecule has 114 valence electrons. The highest BCUT2D eigenvalue weighted by Gasteiger charge is 2.16. The summed E-state index contributed by atoms with van der Waals surface area (Å²) in [5.41, 5.74) is 0. The molecule has 0 bridgehead atoms. The summed E-state index contributed by atoms with van der Waals surface area (Å²) in [4.78, 5) is 8.69. The molecule has 22 heavy (non-hydrogen) atoms. The molecule has 0 radical (unpaired) electrons. The van der Waals surface area contributed by atoms with Gasteiger partial charge in [-0.1, -0.05) is 0 Å². The van der Waals surface area contributed by atoms with Crippen molar-refractivity contribution < 1.29 is 9.15 Å². The maximum Gasteiger partial charge on any atom is 0.225 e. The lowest BCUT2D eigenvalue weighted by Crippen LogP contribution is -2.17. The molecule has 1 unspecified atom stereocenters. The van der Waals surface area contributed by atoms with Gasteiger partial charge in [0.15, 0.2) is 5.82 Å². The van der Waals surface area contributed by atoms with Crippen molar-refractivity contribution in [2.45, 2.75) is 13.0 Å². The van der Waals surface area contributed by atoms with Crippen LogP contribution in [0.4, 0.5) is 5.95 Å². The van der Waals surface area contributed by atoms with E-state index in [2.05, 4.69) is 20.4 Å². The fourth-order valence-electron chi connectivity index (χ4n) is 2.11. The molecule has 3 aromatic rings. The van der Waals surface area contributed by atoms with Crippen LogP contribution in [0.1, 0.15) is 17.6 Å². The van der Waals surface area contributed by atoms with Gasteiger partial charge in [-0.25, -0.2) is 9.67 Å². The van der Waals surface area contributed by atoms with Crippen molar-refractivity contribution in [2.24, 2.45) is 0 Å². The Labute approximate surface area is 128 Å². The molecule has 0 aliphatic carbocycles. The van der Waals surface area contributed by atoms with Gasteiger partial charge in [0.2, 0.25) is 5.95 Å². The molecule has 0 spiro atoms. The first-order valence-electron chi connectivity index (χ1n) is 6.91. The number of rotatable bonds is 6. The normalized spacial score (nSPS) is 12.3. The number of hydrogen-bond donors (Lipinski definition) is 1. The number of aryl methyl sites for hydroxylation is 1. The number of aromatic nitrogens is 4. The van der Waals surface area contributed by atoms with Crippen LogP contribution in [0, 0.1) is 6.92 Å². The Morgan fingerprint density at radius 3 is 2.91 bits per heavy atom. The van der Waals surface area contributed by atoms with E-state index in [0.29, 0.717) is 18.4 Å². The minimum atomic E-state index is -0.161. The Morgan fingerprint density at radius 1 is 1.32 bits per heavy atom. The number of methoxy groups -OCH3 is 1. The van der Waals surface area contributed by atoms with Crippen LogP contribution in [0.15, 0.2) is 47.3 Å². The molecule has 0 aromatic carbocycles. The monoisotopic (exact) mass is 299 g/mol. The zero-order valence-corrected chi connectivity index (χ0v) is 12.4. The van der Waals surface area contributed by atoms with Gasteiger partial charge in [-0.2, -0.15) is 10.1 Å². The first-order chi connectivity index (χ1) is 10.8. The zero-order valence-electron chi connectivity index (χ0n) is 12.4. The standard InChI is InChI=1S/C15H17N5O2/c1-11-4-5-13(22-11)12(10-21-2)18-15-16-8-6-14(19-15)20-9-3-7-17-20/h3-9,12H,10H2,1-2H3,(H,16,18,19). The largest absolute Gasteiger partial charge is 0.464 e. The predicted molar refractivity (Wildman–Crippen MR) is 80.8 cm³/mol. The molecule has 1 N–H and O–H groups in total. The fourth-order valence-corrected chi connectivity index (χ4v) is 2.11. The zero-order chi connectivity index (χ0) is 15.4. The van der Waals surface area contributed by atoms with E-state index in [1.54, 1.807) is 30.3 Å². The molecule has 0 aliphatic rings. The van der Waals surface area contributed by atoms with E-state index < -0.39 is 0 Å². The first kappa shape index (κ1) is 14.3. The first-order valence-corrected chi connectivity index (χ1v) is 6.91. The van der Waals surface area contributed by atoms with Crippen LogP contribution >= 0.6 is 0 Å². The molecule has 0 fully saturated rings. The summed E-state index contributed by atoms with van der Waals surface area (Å²) in [6, 6.07) is 7.31. The van der Waals surface area contributed by atoms with Gasteiger partial charge in [-0.3, -0.25) is 0 Å². The highest BCUT2D eigenvalue weighted by molar-refractivity contribution is 5.34. The number of hydrogen-bond acceptors (Lipinski definition) is 6. The molecule has 7 heteroatoms. The second-order valence-electron chi connectivity index (χ2n) is 4.79. The summed E-state index contributed by atoms with van der Waals surface area (Å²) in [7, 11) is 1.64. The molecular weight excluding hydrogens is 282 g/mol. The average molecular weight is 299 g/mol. The maximum absolute atomic E-state index is 5.66. The Kier molecular flexibility index (Phi) is 4.15. The third-order valence-electron chi connectivity index (χ3n) is 3.12. The highest BCUT2D eigenvalue weighted by Crippen LogP contribution is 2.20. The van der Waals surface area contributed by atoms with Gasteiger partial charge in [0.25, 0.3) is 0 Å². The lowest BCUT2D eigenvalue weighted by molar-refractivity contribution is 0.178. The van der Waals surface area contributed by atoms with Crippen molar-refractivity contribution in [3.8, 4) is 5.82 Å². The van der Waals surface area contributed by atoms with E-state index in [1.165, 1.54) is 0 Å². The smallest absolute Gasteiger partial charge is 0.225 e. The van der Waals surface area contributed by atoms with E-state index in [4.69, 9.17) is 9.15 Å². The van der Waals surface area contributed by atoms with Crippen LogP contribution in [-0.2, 0) is 4.74 Å². The van der Waals surface area contributed by atoms with Gasteiger partial charge in [0, 0.05) is 31.8 Å². The fraction of sp³-hybridized carbons (Fsp3) is 0.267. The van der Waals surface area contributed by atoms with Crippen molar-refractivity contribution in [3.63, 3.8) is 0 Å². The molecule has 1 atom stereocenters. The van der Waals surface area contributed by atoms with Crippen molar-refractivity contribution >= 4 is 5.95 Å². The van der Waals surface area contributed by atoms with E-state index in [0.717, 1.165) is 11.5 Å². The maximum atomic E-state index is 5.66. The lowest BCUT2D eigenvalue weighted by Gasteiger charge is -2.16. The van der Waals surface area contributed by atoms with Gasteiger partial charge in [-0.05, 0) is 25.1 Å². The van der Waals surface area contributed by atoms with Gasteiger partial charge in [0.05, 0.1) is 6.61 Å². The van der Waals surface area contributed by atoms with Crippen LogP contribution < -0.4 is 5.32 Å². The Balaban J connectivity index is 1.82. The number of ether oxygens (including phenoxy) is 1. The van der Waals surface area contributed by atoms with Crippen LogP contribution in [0.3, 0.4) is 0 Å². The summed E-state index contributed by atoms with van der Waals surface area (Å²) < 4.78 is 12.6. The molecule has 3 rings (SSSR count). The Bertz CT molecular complexity index is 723. The van der Waals surface area contributed by atoms with Crippen molar-refractivity contribution in [2.75, 3.05) is 19.0 Å². The quantitative estimate of drug-likeness (QED) is 0.753. The van der Waals surface area contributed by atoms with Crippen LogP contribution in [0.2, 0.25) is 0 Å². The Hall–Kier alpha value is -2.67. The predicted octanol–water partition coefficient (Wildman–Crippen LogP) is 2.36. The van der Waals surface area contributed by atoms with Crippen molar-refractivity contribution in [1.29, 1.82) is 0 Å². The third kappa shape index (κ3) is 3.15. The highest BCUT2D eigenvalue weighted by atomic mass is 16.5. The second kappa shape index (κ2) is 6.40. The topological polar surface area (TPSA) is 78.0 Å². The summed E-state index contributed by atoms with van der Waals surface area (Å²) in [6.07, 6.45) is 5.22. The van der Waals surface area contributed by atoms with Crippen molar-refractivity contribution in [3.05, 3.63) is 54.4 Å². The van der Waals surface area contributed by atoms with Gasteiger partial charge in [-0.15, -0.1) is 0 Å². The van der Waals surface area contributed by atoms with Gasteiger partial charge >= 0.3 is 0 Å². The third-order valence-corrected chi connectivity index (χ3v) is 3.12. The Morgan fingerprint density at radius 2 is 2.23 bits per heavy atom. The van der Waals surface area contributed by atoms with Gasteiger partial charge in [0.1, 0.15) is 17.6 Å². The summed E-state index contributed by atoms with van der Waals surface area (Å²) in [5, 5.41) is 7.39. The van der Waals surface area contributed by atoms with Gasteiger partial charge < -0.3 is 14.5 Å². The van der Waals surface area contributed by atoms with Crippen LogP contribution in [0.5, 0.6) is 0 Å². The molecule has 3 aromatic heterocycles. The second-order valence-corrected chi connectivity index (χ2v) is 4.79. The van der Waals surface area contributed by atoms with Crippen LogP contribution in [0.25, 0.3) is 5.82 Å². The molecule has 3 heterocycles. The van der Waals surface area contributed by atoms with E-state index in [1.807, 2.05) is 31.3 Å². The average Bonchev–Trinajstić information content (AvgIpc) is 3.18. The molecular formula is C15H17N5O2.